The van der Waals surface area contributed by atoms with Crippen LogP contribution in [0.15, 0.2) is 12.2 Å². The summed E-state index contributed by atoms with van der Waals surface area (Å²) in [5.41, 5.74) is 1.23. The third-order valence-corrected chi connectivity index (χ3v) is 5.29. The summed E-state index contributed by atoms with van der Waals surface area (Å²) in [5.74, 6) is 0.587. The summed E-state index contributed by atoms with van der Waals surface area (Å²) in [6.45, 7) is 9.38. The van der Waals surface area contributed by atoms with Crippen molar-refractivity contribution in [2.45, 2.75) is 89.4 Å². The minimum Gasteiger partial charge on any atom is -0.393 e. The summed E-state index contributed by atoms with van der Waals surface area (Å²) < 4.78 is 0. The van der Waals surface area contributed by atoms with Gasteiger partial charge in [0.15, 0.2) is 0 Å². The monoisotopic (exact) mass is 294 g/mol. The lowest BCUT2D eigenvalue weighted by Gasteiger charge is -2.40. The fourth-order valence-corrected chi connectivity index (χ4v) is 3.94. The maximum absolute atomic E-state index is 9.29. The number of fused-ring (bicyclic) bond motifs is 1. The van der Waals surface area contributed by atoms with Crippen molar-refractivity contribution in [1.29, 1.82) is 0 Å². The Hall–Kier alpha value is -0.380. The number of hydrogen-bond acceptors (Lipinski definition) is 3. The lowest BCUT2D eigenvalue weighted by Crippen LogP contribution is -2.60. The van der Waals surface area contributed by atoms with Crippen LogP contribution in [-0.4, -0.2) is 35.9 Å². The lowest BCUT2D eigenvalue weighted by molar-refractivity contribution is 0.110. The Labute approximate surface area is 130 Å². The quantitative estimate of drug-likeness (QED) is 0.651. The van der Waals surface area contributed by atoms with Crippen molar-refractivity contribution in [2.75, 3.05) is 6.54 Å². The van der Waals surface area contributed by atoms with E-state index >= 15 is 0 Å². The van der Waals surface area contributed by atoms with E-state index in [1.165, 1.54) is 44.1 Å². The molecule has 3 heteroatoms. The average Bonchev–Trinajstić information content (AvgIpc) is 2.48. The molecule has 5 atom stereocenters. The fourth-order valence-electron chi connectivity index (χ4n) is 3.94. The van der Waals surface area contributed by atoms with Crippen LogP contribution in [0.1, 0.15) is 65.2 Å². The van der Waals surface area contributed by atoms with Crippen LogP contribution in [0.25, 0.3) is 0 Å². The van der Waals surface area contributed by atoms with Gasteiger partial charge in [0, 0.05) is 24.7 Å². The van der Waals surface area contributed by atoms with Crippen molar-refractivity contribution in [1.82, 2.24) is 10.6 Å². The lowest BCUT2D eigenvalue weighted by atomic mass is 9.83. The number of allylic oxidation sites excluding steroid dienone is 1. The molecule has 122 valence electrons. The van der Waals surface area contributed by atoms with Gasteiger partial charge in [-0.1, -0.05) is 31.4 Å². The maximum Gasteiger partial charge on any atom is 0.0546 e. The summed E-state index contributed by atoms with van der Waals surface area (Å²) in [5, 5.41) is 16.6. The molecule has 3 aliphatic rings. The highest BCUT2D eigenvalue weighted by molar-refractivity contribution is 4.98. The largest absolute Gasteiger partial charge is 0.393 e. The van der Waals surface area contributed by atoms with Crippen LogP contribution >= 0.6 is 0 Å². The van der Waals surface area contributed by atoms with E-state index in [-0.39, 0.29) is 6.10 Å². The van der Waals surface area contributed by atoms with Gasteiger partial charge in [-0.05, 0) is 51.9 Å². The molecule has 0 spiro atoms. The molecule has 0 aromatic rings. The molecule has 1 heterocycles. The van der Waals surface area contributed by atoms with Crippen LogP contribution in [-0.2, 0) is 0 Å². The van der Waals surface area contributed by atoms with Crippen LogP contribution in [0.5, 0.6) is 0 Å². The van der Waals surface area contributed by atoms with Crippen LogP contribution in [0, 0.1) is 5.92 Å². The Morgan fingerprint density at radius 3 is 2.38 bits per heavy atom. The minimum atomic E-state index is -0.0598. The summed E-state index contributed by atoms with van der Waals surface area (Å²) in [6, 6.07) is 2.22. The Morgan fingerprint density at radius 2 is 1.76 bits per heavy atom. The predicted octanol–water partition coefficient (Wildman–Crippen LogP) is 2.99. The molecule has 2 aliphatic carbocycles. The van der Waals surface area contributed by atoms with E-state index in [1.807, 2.05) is 0 Å². The predicted molar refractivity (Wildman–Crippen MR) is 89.4 cm³/mol. The van der Waals surface area contributed by atoms with E-state index in [1.54, 1.807) is 0 Å². The highest BCUT2D eigenvalue weighted by atomic mass is 16.3. The van der Waals surface area contributed by atoms with Crippen molar-refractivity contribution in [3.63, 3.8) is 0 Å². The average molecular weight is 294 g/mol. The molecule has 0 aromatic heterocycles. The van der Waals surface area contributed by atoms with Crippen molar-refractivity contribution in [2.24, 2.45) is 5.92 Å². The van der Waals surface area contributed by atoms with Gasteiger partial charge >= 0.3 is 0 Å². The molecule has 3 nitrogen and oxygen atoms in total. The second-order valence-corrected chi connectivity index (χ2v) is 7.34. The first-order valence-corrected chi connectivity index (χ1v) is 8.89. The maximum atomic E-state index is 9.29. The number of aliphatic hydroxyl groups is 1. The topological polar surface area (TPSA) is 44.3 Å². The van der Waals surface area contributed by atoms with E-state index in [0.29, 0.717) is 12.0 Å². The molecule has 3 rings (SSSR count). The van der Waals surface area contributed by atoms with Crippen molar-refractivity contribution >= 4 is 0 Å². The second-order valence-electron chi connectivity index (χ2n) is 7.34. The van der Waals surface area contributed by atoms with Crippen molar-refractivity contribution in [3.8, 4) is 0 Å². The Morgan fingerprint density at radius 1 is 1.05 bits per heavy atom. The van der Waals surface area contributed by atoms with E-state index < -0.39 is 0 Å². The molecule has 1 aliphatic heterocycles. The summed E-state index contributed by atoms with van der Waals surface area (Å²) in [4.78, 5) is 0. The molecule has 21 heavy (non-hydrogen) atoms. The number of piperazine rings is 1. The number of aliphatic hydroxyl groups excluding tert-OH is 1. The van der Waals surface area contributed by atoms with Gasteiger partial charge in [-0.25, -0.2) is 0 Å². The zero-order chi connectivity index (χ0) is 15.2. The standard InChI is InChI=1S/C9H18N2.C9H16O/c1-7-6-10-8-4-2-3-5-9(8)11-7;1-7(2)8-4-3-5-9(10)6-8/h7-11H,2-6H2,1H3;8-10H,1,3-6H2,2H3. The van der Waals surface area contributed by atoms with Gasteiger partial charge in [0.05, 0.1) is 6.10 Å². The molecule has 3 fully saturated rings. The smallest absolute Gasteiger partial charge is 0.0546 e. The van der Waals surface area contributed by atoms with Gasteiger partial charge in [-0.2, -0.15) is 0 Å². The highest BCUT2D eigenvalue weighted by Crippen LogP contribution is 2.28. The molecule has 0 radical (unpaired) electrons. The van der Waals surface area contributed by atoms with Crippen LogP contribution in [0.2, 0.25) is 0 Å². The Balaban J connectivity index is 0.000000155. The zero-order valence-corrected chi connectivity index (χ0v) is 13.9. The molecule has 3 N–H and O–H groups in total. The Bertz CT molecular complexity index is 331. The summed E-state index contributed by atoms with van der Waals surface area (Å²) >= 11 is 0. The van der Waals surface area contributed by atoms with E-state index in [0.717, 1.165) is 31.5 Å². The Kier molecular flexibility index (Phi) is 6.72. The first kappa shape index (κ1) is 17.0. The molecule has 0 bridgehead atoms. The normalized spacial score (nSPS) is 39.7. The van der Waals surface area contributed by atoms with E-state index in [2.05, 4.69) is 31.1 Å². The number of rotatable bonds is 1. The first-order chi connectivity index (χ1) is 10.1. The molecule has 5 unspecified atom stereocenters. The molecule has 2 saturated carbocycles. The minimum absolute atomic E-state index is 0.0598. The van der Waals surface area contributed by atoms with Gasteiger partial charge in [0.2, 0.25) is 0 Å². The van der Waals surface area contributed by atoms with Gasteiger partial charge in [0.1, 0.15) is 0 Å². The van der Waals surface area contributed by atoms with E-state index in [4.69, 9.17) is 0 Å². The third-order valence-electron chi connectivity index (χ3n) is 5.29. The zero-order valence-electron chi connectivity index (χ0n) is 13.9. The van der Waals surface area contributed by atoms with Gasteiger partial charge in [-0.3, -0.25) is 0 Å². The molecule has 0 aromatic carbocycles. The number of hydrogen-bond donors (Lipinski definition) is 3. The van der Waals surface area contributed by atoms with Crippen molar-refractivity contribution in [3.05, 3.63) is 12.2 Å². The van der Waals surface area contributed by atoms with Gasteiger partial charge in [0.25, 0.3) is 0 Å². The molecule has 0 amide bonds. The fraction of sp³-hybridized carbons (Fsp3) is 0.889. The van der Waals surface area contributed by atoms with Crippen LogP contribution in [0.4, 0.5) is 0 Å². The summed E-state index contributed by atoms with van der Waals surface area (Å²) in [6.07, 6.45) is 9.86. The SMILES string of the molecule is C=C(C)C1CCCC(O)C1.CC1CNC2CCCCC2N1. The second kappa shape index (κ2) is 8.30. The van der Waals surface area contributed by atoms with Crippen LogP contribution < -0.4 is 10.6 Å². The van der Waals surface area contributed by atoms with Gasteiger partial charge < -0.3 is 15.7 Å². The summed E-state index contributed by atoms with van der Waals surface area (Å²) in [7, 11) is 0. The van der Waals surface area contributed by atoms with E-state index in [9.17, 15) is 5.11 Å². The third kappa shape index (κ3) is 5.39. The molecular formula is C18H34N2O. The molecular weight excluding hydrogens is 260 g/mol. The van der Waals surface area contributed by atoms with Gasteiger partial charge in [-0.15, -0.1) is 0 Å². The van der Waals surface area contributed by atoms with Crippen LogP contribution in [0.3, 0.4) is 0 Å². The highest BCUT2D eigenvalue weighted by Gasteiger charge is 2.29. The number of nitrogens with one attached hydrogen (secondary N) is 2. The molecule has 1 saturated heterocycles. The first-order valence-electron chi connectivity index (χ1n) is 8.89. The van der Waals surface area contributed by atoms with Crippen molar-refractivity contribution < 1.29 is 5.11 Å².